The van der Waals surface area contributed by atoms with Gasteiger partial charge in [0.15, 0.2) is 0 Å². The number of sulfonamides is 1. The van der Waals surface area contributed by atoms with E-state index in [2.05, 4.69) is 20.8 Å². The van der Waals surface area contributed by atoms with Crippen molar-refractivity contribution in [3.8, 4) is 0 Å². The number of benzene rings is 1. The highest BCUT2D eigenvalue weighted by Gasteiger charge is 2.40. The van der Waals surface area contributed by atoms with E-state index in [9.17, 15) is 8.42 Å². The topological polar surface area (TPSA) is 40.6 Å². The first-order chi connectivity index (χ1) is 9.89. The number of piperazine rings is 1. The molecule has 0 saturated carbocycles. The first-order valence-corrected chi connectivity index (χ1v) is 9.65. The second-order valence-corrected chi connectivity index (χ2v) is 8.87. The molecule has 6 heteroatoms. The third kappa shape index (κ3) is 2.79. The molecule has 21 heavy (non-hydrogen) atoms. The minimum atomic E-state index is -3.40. The third-order valence-corrected chi connectivity index (χ3v) is 7.48. The van der Waals surface area contributed by atoms with Gasteiger partial charge in [0, 0.05) is 29.6 Å². The standard InChI is InChI=1S/C15H21BrN2O2S/c1-11-8-14(5-6-15(11)16)21(19,20)18-10-13-4-3-7-17(13)9-12(18)2/h5-6,8,12-13H,3-4,7,9-10H2,1-2H3. The molecule has 2 aliphatic rings. The molecule has 0 N–H and O–H groups in total. The first-order valence-electron chi connectivity index (χ1n) is 7.41. The van der Waals surface area contributed by atoms with E-state index in [0.29, 0.717) is 17.5 Å². The Labute approximate surface area is 135 Å². The molecule has 0 bridgehead atoms. The summed E-state index contributed by atoms with van der Waals surface area (Å²) < 4.78 is 28.5. The van der Waals surface area contributed by atoms with Crippen molar-refractivity contribution < 1.29 is 8.42 Å². The molecule has 1 aromatic rings. The van der Waals surface area contributed by atoms with Crippen molar-refractivity contribution in [2.45, 2.75) is 43.7 Å². The maximum atomic E-state index is 12.9. The minimum absolute atomic E-state index is 0.0355. The summed E-state index contributed by atoms with van der Waals surface area (Å²) in [7, 11) is -3.40. The van der Waals surface area contributed by atoms with Crippen LogP contribution in [0, 0.1) is 6.92 Å². The van der Waals surface area contributed by atoms with Crippen molar-refractivity contribution in [1.82, 2.24) is 9.21 Å². The molecule has 116 valence electrons. The predicted molar refractivity (Wildman–Crippen MR) is 86.8 cm³/mol. The van der Waals surface area contributed by atoms with Gasteiger partial charge in [0.05, 0.1) is 4.90 Å². The van der Waals surface area contributed by atoms with Crippen molar-refractivity contribution >= 4 is 26.0 Å². The number of nitrogens with zero attached hydrogens (tertiary/aromatic N) is 2. The van der Waals surface area contributed by atoms with E-state index < -0.39 is 10.0 Å². The van der Waals surface area contributed by atoms with Crippen LogP contribution in [-0.4, -0.2) is 49.3 Å². The van der Waals surface area contributed by atoms with Gasteiger partial charge < -0.3 is 0 Å². The fraction of sp³-hybridized carbons (Fsp3) is 0.600. The molecule has 2 unspecified atom stereocenters. The Kier molecular flexibility index (Phi) is 4.16. The molecule has 1 aromatic carbocycles. The van der Waals surface area contributed by atoms with Crippen LogP contribution >= 0.6 is 15.9 Å². The van der Waals surface area contributed by atoms with Crippen LogP contribution in [0.5, 0.6) is 0 Å². The van der Waals surface area contributed by atoms with Gasteiger partial charge in [-0.05, 0) is 57.0 Å². The highest BCUT2D eigenvalue weighted by Crippen LogP contribution is 2.30. The average Bonchev–Trinajstić information content (AvgIpc) is 2.87. The summed E-state index contributed by atoms with van der Waals surface area (Å²) in [6.45, 7) is 6.51. The molecule has 0 radical (unpaired) electrons. The zero-order chi connectivity index (χ0) is 15.2. The molecule has 2 heterocycles. The highest BCUT2D eigenvalue weighted by molar-refractivity contribution is 9.10. The van der Waals surface area contributed by atoms with Crippen LogP contribution in [0.25, 0.3) is 0 Å². The SMILES string of the molecule is Cc1cc(S(=O)(=O)N2CC3CCCN3CC2C)ccc1Br. The number of aryl methyl sites for hydroxylation is 1. The molecule has 2 atom stereocenters. The molecule has 4 nitrogen and oxygen atoms in total. The van der Waals surface area contributed by atoms with E-state index in [0.717, 1.165) is 29.5 Å². The van der Waals surface area contributed by atoms with E-state index in [1.165, 1.54) is 6.42 Å². The fourth-order valence-corrected chi connectivity index (χ4v) is 5.40. The smallest absolute Gasteiger partial charge is 0.243 e. The van der Waals surface area contributed by atoms with Gasteiger partial charge in [-0.2, -0.15) is 4.31 Å². The molecule has 3 rings (SSSR count). The second kappa shape index (κ2) is 5.65. The van der Waals surface area contributed by atoms with Crippen LogP contribution in [-0.2, 0) is 10.0 Å². The number of rotatable bonds is 2. The van der Waals surface area contributed by atoms with Crippen molar-refractivity contribution in [2.75, 3.05) is 19.6 Å². The van der Waals surface area contributed by atoms with E-state index >= 15 is 0 Å². The molecule has 0 aliphatic carbocycles. The summed E-state index contributed by atoms with van der Waals surface area (Å²) in [5.41, 5.74) is 0.947. The largest absolute Gasteiger partial charge is 0.297 e. The van der Waals surface area contributed by atoms with E-state index in [4.69, 9.17) is 0 Å². The van der Waals surface area contributed by atoms with E-state index in [1.807, 2.05) is 19.9 Å². The maximum absolute atomic E-state index is 12.9. The summed E-state index contributed by atoms with van der Waals surface area (Å²) >= 11 is 3.43. The lowest BCUT2D eigenvalue weighted by Crippen LogP contribution is -2.56. The van der Waals surface area contributed by atoms with Gasteiger partial charge in [0.1, 0.15) is 0 Å². The van der Waals surface area contributed by atoms with Crippen LogP contribution in [0.4, 0.5) is 0 Å². The van der Waals surface area contributed by atoms with Gasteiger partial charge in [0.25, 0.3) is 0 Å². The summed E-state index contributed by atoms with van der Waals surface area (Å²) in [6.07, 6.45) is 2.29. The van der Waals surface area contributed by atoms with Crippen molar-refractivity contribution in [2.24, 2.45) is 0 Å². The first kappa shape index (κ1) is 15.5. The summed E-state index contributed by atoms with van der Waals surface area (Å²) in [4.78, 5) is 2.84. The molecule has 0 amide bonds. The Morgan fingerprint density at radius 2 is 2.05 bits per heavy atom. The van der Waals surface area contributed by atoms with Crippen LogP contribution < -0.4 is 0 Å². The normalized spacial score (nSPS) is 27.8. The Balaban J connectivity index is 1.91. The van der Waals surface area contributed by atoms with Crippen molar-refractivity contribution in [3.63, 3.8) is 0 Å². The maximum Gasteiger partial charge on any atom is 0.243 e. The quantitative estimate of drug-likeness (QED) is 0.800. The Morgan fingerprint density at radius 3 is 2.76 bits per heavy atom. The summed E-state index contributed by atoms with van der Waals surface area (Å²) in [6, 6.07) is 5.70. The van der Waals surface area contributed by atoms with Crippen LogP contribution in [0.1, 0.15) is 25.3 Å². The zero-order valence-electron chi connectivity index (χ0n) is 12.4. The molecule has 2 saturated heterocycles. The Morgan fingerprint density at radius 1 is 1.29 bits per heavy atom. The zero-order valence-corrected chi connectivity index (χ0v) is 14.8. The minimum Gasteiger partial charge on any atom is -0.297 e. The molecule has 0 aromatic heterocycles. The molecule has 2 fully saturated rings. The van der Waals surface area contributed by atoms with Gasteiger partial charge in [-0.25, -0.2) is 8.42 Å². The van der Waals surface area contributed by atoms with E-state index in [-0.39, 0.29) is 6.04 Å². The van der Waals surface area contributed by atoms with E-state index in [1.54, 1.807) is 16.4 Å². The predicted octanol–water partition coefficient (Wildman–Crippen LogP) is 2.61. The number of hydrogen-bond acceptors (Lipinski definition) is 3. The number of halogens is 1. The van der Waals surface area contributed by atoms with Gasteiger partial charge in [0.2, 0.25) is 10.0 Å². The van der Waals surface area contributed by atoms with Gasteiger partial charge in [-0.15, -0.1) is 0 Å². The molecule has 2 aliphatic heterocycles. The lowest BCUT2D eigenvalue weighted by atomic mass is 10.1. The van der Waals surface area contributed by atoms with Gasteiger partial charge >= 0.3 is 0 Å². The number of fused-ring (bicyclic) bond motifs is 1. The van der Waals surface area contributed by atoms with Crippen molar-refractivity contribution in [1.29, 1.82) is 0 Å². The molecule has 0 spiro atoms. The number of hydrogen-bond donors (Lipinski definition) is 0. The Hall–Kier alpha value is -0.430. The van der Waals surface area contributed by atoms with Crippen LogP contribution in [0.2, 0.25) is 0 Å². The van der Waals surface area contributed by atoms with Crippen LogP contribution in [0.3, 0.4) is 0 Å². The monoisotopic (exact) mass is 372 g/mol. The van der Waals surface area contributed by atoms with Crippen molar-refractivity contribution in [3.05, 3.63) is 28.2 Å². The van der Waals surface area contributed by atoms with Gasteiger partial charge in [-0.1, -0.05) is 15.9 Å². The lowest BCUT2D eigenvalue weighted by Gasteiger charge is -2.41. The van der Waals surface area contributed by atoms with Crippen LogP contribution in [0.15, 0.2) is 27.6 Å². The fourth-order valence-electron chi connectivity index (χ4n) is 3.41. The second-order valence-electron chi connectivity index (χ2n) is 6.13. The Bertz CT molecular complexity index is 647. The average molecular weight is 373 g/mol. The lowest BCUT2D eigenvalue weighted by molar-refractivity contribution is 0.117. The summed E-state index contributed by atoms with van der Waals surface area (Å²) in [5, 5.41) is 0. The summed E-state index contributed by atoms with van der Waals surface area (Å²) in [5.74, 6) is 0. The molecular weight excluding hydrogens is 352 g/mol. The molecular formula is C15H21BrN2O2S. The van der Waals surface area contributed by atoms with Gasteiger partial charge in [-0.3, -0.25) is 4.90 Å². The highest BCUT2D eigenvalue weighted by atomic mass is 79.9. The third-order valence-electron chi connectivity index (χ3n) is 4.62.